The fourth-order valence-corrected chi connectivity index (χ4v) is 1.99. The second-order valence-electron chi connectivity index (χ2n) is 3.91. The maximum absolute atomic E-state index is 11.2. The number of carboxylic acid groups (broad SMARTS) is 1. The van der Waals surface area contributed by atoms with E-state index in [1.54, 1.807) is 13.3 Å². The van der Waals surface area contributed by atoms with Crippen molar-refractivity contribution in [3.05, 3.63) is 17.7 Å². The zero-order valence-corrected chi connectivity index (χ0v) is 8.16. The molecule has 3 N–H and O–H groups in total. The lowest BCUT2D eigenvalue weighted by molar-refractivity contribution is -0.145. The van der Waals surface area contributed by atoms with Crippen molar-refractivity contribution in [1.29, 1.82) is 0 Å². The summed E-state index contributed by atoms with van der Waals surface area (Å²) in [5.41, 5.74) is 0.455. The Balaban J connectivity index is 2.51. The van der Waals surface area contributed by atoms with Gasteiger partial charge in [0.15, 0.2) is 5.54 Å². The molecular weight excluding hydrogens is 182 g/mol. The summed E-state index contributed by atoms with van der Waals surface area (Å²) in [6.07, 6.45) is 2.34. The van der Waals surface area contributed by atoms with Crippen LogP contribution in [-0.2, 0) is 16.8 Å². The molecule has 5 heteroatoms. The van der Waals surface area contributed by atoms with Gasteiger partial charge in [0.05, 0.1) is 12.0 Å². The zero-order chi connectivity index (χ0) is 10.3. The number of aromatic nitrogens is 2. The molecule has 0 fully saturated rings. The van der Waals surface area contributed by atoms with Crippen LogP contribution in [0.15, 0.2) is 6.33 Å². The Kier molecular flexibility index (Phi) is 1.85. The van der Waals surface area contributed by atoms with E-state index in [1.165, 1.54) is 0 Å². The minimum absolute atomic E-state index is 0.143. The van der Waals surface area contributed by atoms with Crippen LogP contribution in [0.3, 0.4) is 0 Å². The van der Waals surface area contributed by atoms with Crippen molar-refractivity contribution in [3.8, 4) is 0 Å². The quantitative estimate of drug-likeness (QED) is 0.600. The van der Waals surface area contributed by atoms with Gasteiger partial charge in [0, 0.05) is 18.2 Å². The number of hydrogen-bond acceptors (Lipinski definition) is 3. The van der Waals surface area contributed by atoms with Crippen molar-refractivity contribution in [2.45, 2.75) is 31.8 Å². The van der Waals surface area contributed by atoms with Gasteiger partial charge < -0.3 is 10.1 Å². The molecule has 0 spiro atoms. The van der Waals surface area contributed by atoms with E-state index in [4.69, 9.17) is 5.11 Å². The van der Waals surface area contributed by atoms with Crippen LogP contribution < -0.4 is 5.32 Å². The molecule has 1 aromatic rings. The van der Waals surface area contributed by atoms with E-state index >= 15 is 0 Å². The van der Waals surface area contributed by atoms with Crippen LogP contribution in [0.25, 0.3) is 0 Å². The predicted octanol–water partition coefficient (Wildman–Crippen LogP) is 0.244. The van der Waals surface area contributed by atoms with E-state index in [9.17, 15) is 4.79 Å². The summed E-state index contributed by atoms with van der Waals surface area (Å²) in [7, 11) is 0. The van der Waals surface area contributed by atoms with Crippen molar-refractivity contribution in [3.63, 3.8) is 0 Å². The lowest BCUT2D eigenvalue weighted by atomic mass is 9.89. The number of H-pyrrole nitrogens is 1. The van der Waals surface area contributed by atoms with E-state index in [1.807, 2.05) is 6.92 Å². The normalized spacial score (nSPS) is 31.1. The Bertz CT molecular complexity index is 374. The zero-order valence-electron chi connectivity index (χ0n) is 8.16. The molecule has 0 unspecified atom stereocenters. The van der Waals surface area contributed by atoms with E-state index in [-0.39, 0.29) is 6.04 Å². The molecular formula is C9H13N3O2. The highest BCUT2D eigenvalue weighted by molar-refractivity contribution is 5.80. The highest BCUT2D eigenvalue weighted by Crippen LogP contribution is 2.27. The molecule has 0 radical (unpaired) electrons. The van der Waals surface area contributed by atoms with Crippen LogP contribution in [0.5, 0.6) is 0 Å². The van der Waals surface area contributed by atoms with Crippen LogP contribution in [0, 0.1) is 0 Å². The van der Waals surface area contributed by atoms with Crippen LogP contribution in [0.2, 0.25) is 0 Å². The van der Waals surface area contributed by atoms with Crippen molar-refractivity contribution in [2.75, 3.05) is 0 Å². The molecule has 0 aliphatic carbocycles. The number of carboxylic acids is 1. The number of hydrogen-bond donors (Lipinski definition) is 3. The predicted molar refractivity (Wildman–Crippen MR) is 49.9 cm³/mol. The van der Waals surface area contributed by atoms with Crippen molar-refractivity contribution < 1.29 is 9.90 Å². The van der Waals surface area contributed by atoms with Gasteiger partial charge in [-0.3, -0.25) is 5.32 Å². The average molecular weight is 195 g/mol. The molecule has 1 aliphatic rings. The molecule has 0 bridgehead atoms. The van der Waals surface area contributed by atoms with Crippen LogP contribution in [0.4, 0.5) is 0 Å². The Hall–Kier alpha value is -1.36. The molecule has 2 heterocycles. The molecule has 0 amide bonds. The van der Waals surface area contributed by atoms with Crippen molar-refractivity contribution >= 4 is 5.97 Å². The van der Waals surface area contributed by atoms with Gasteiger partial charge in [-0.15, -0.1) is 0 Å². The van der Waals surface area contributed by atoms with Gasteiger partial charge in [0.2, 0.25) is 0 Å². The number of aromatic amines is 1. The number of imidazole rings is 1. The fraction of sp³-hybridized carbons (Fsp3) is 0.556. The van der Waals surface area contributed by atoms with Gasteiger partial charge in [0.1, 0.15) is 0 Å². The average Bonchev–Trinajstić information content (AvgIpc) is 2.51. The van der Waals surface area contributed by atoms with Crippen molar-refractivity contribution in [2.24, 2.45) is 0 Å². The third kappa shape index (κ3) is 1.13. The van der Waals surface area contributed by atoms with Gasteiger partial charge in [-0.05, 0) is 13.8 Å². The summed E-state index contributed by atoms with van der Waals surface area (Å²) in [4.78, 5) is 18.2. The van der Waals surface area contributed by atoms with Crippen LogP contribution in [0.1, 0.15) is 25.2 Å². The Labute approximate surface area is 81.5 Å². The second kappa shape index (κ2) is 2.81. The Morgan fingerprint density at radius 1 is 1.79 bits per heavy atom. The summed E-state index contributed by atoms with van der Waals surface area (Å²) < 4.78 is 0. The Morgan fingerprint density at radius 2 is 2.50 bits per heavy atom. The minimum atomic E-state index is -1.06. The smallest absolute Gasteiger partial charge is 0.329 e. The monoisotopic (exact) mass is 195 g/mol. The topological polar surface area (TPSA) is 78.0 Å². The van der Waals surface area contributed by atoms with Gasteiger partial charge in [-0.25, -0.2) is 9.78 Å². The lowest BCUT2D eigenvalue weighted by Crippen LogP contribution is -2.54. The van der Waals surface area contributed by atoms with Gasteiger partial charge in [-0.1, -0.05) is 0 Å². The second-order valence-corrected chi connectivity index (χ2v) is 3.91. The summed E-state index contributed by atoms with van der Waals surface area (Å²) in [6, 6.07) is 0.143. The molecule has 2 rings (SSSR count). The van der Waals surface area contributed by atoms with Gasteiger partial charge in [-0.2, -0.15) is 0 Å². The van der Waals surface area contributed by atoms with E-state index < -0.39 is 11.5 Å². The first-order valence-corrected chi connectivity index (χ1v) is 4.58. The van der Waals surface area contributed by atoms with Gasteiger partial charge >= 0.3 is 5.97 Å². The largest absolute Gasteiger partial charge is 0.480 e. The lowest BCUT2D eigenvalue weighted by Gasteiger charge is -2.33. The molecule has 0 saturated heterocycles. The SMILES string of the molecule is C[C@H]1Cc2[nH]cnc2[C@](C)(C(=O)O)N1. The maximum atomic E-state index is 11.2. The van der Waals surface area contributed by atoms with Crippen LogP contribution >= 0.6 is 0 Å². The van der Waals surface area contributed by atoms with E-state index in [0.717, 1.165) is 12.1 Å². The standard InChI is InChI=1S/C9H13N3O2/c1-5-3-6-7(11-4-10-6)9(2,12-5)8(13)14/h4-5,12H,3H2,1-2H3,(H,10,11)(H,13,14)/t5-,9+/m0/s1. The molecule has 5 nitrogen and oxygen atoms in total. The molecule has 0 saturated carbocycles. The summed E-state index contributed by atoms with van der Waals surface area (Å²) in [5.74, 6) is -0.891. The molecule has 0 aromatic carbocycles. The molecule has 76 valence electrons. The van der Waals surface area contributed by atoms with Crippen molar-refractivity contribution in [1.82, 2.24) is 15.3 Å². The van der Waals surface area contributed by atoms with Gasteiger partial charge in [0.25, 0.3) is 0 Å². The highest BCUT2D eigenvalue weighted by Gasteiger charge is 2.43. The first-order valence-electron chi connectivity index (χ1n) is 4.58. The highest BCUT2D eigenvalue weighted by atomic mass is 16.4. The first kappa shape index (κ1) is 9.21. The molecule has 1 aromatic heterocycles. The third-order valence-corrected chi connectivity index (χ3v) is 2.66. The molecule has 1 aliphatic heterocycles. The summed E-state index contributed by atoms with van der Waals surface area (Å²) in [6.45, 7) is 3.61. The van der Waals surface area contributed by atoms with E-state index in [0.29, 0.717) is 5.69 Å². The van der Waals surface area contributed by atoms with Crippen LogP contribution in [-0.4, -0.2) is 27.1 Å². The summed E-state index contributed by atoms with van der Waals surface area (Å²) in [5, 5.41) is 12.2. The number of aliphatic carboxylic acids is 1. The number of fused-ring (bicyclic) bond motifs is 1. The minimum Gasteiger partial charge on any atom is -0.480 e. The number of nitrogens with one attached hydrogen (secondary N) is 2. The molecule has 14 heavy (non-hydrogen) atoms. The maximum Gasteiger partial charge on any atom is 0.329 e. The Morgan fingerprint density at radius 3 is 3.14 bits per heavy atom. The third-order valence-electron chi connectivity index (χ3n) is 2.66. The number of rotatable bonds is 1. The molecule has 2 atom stereocenters. The number of nitrogens with zero attached hydrogens (tertiary/aromatic N) is 1. The summed E-state index contributed by atoms with van der Waals surface area (Å²) >= 11 is 0. The first-order chi connectivity index (χ1) is 6.54. The fourth-order valence-electron chi connectivity index (χ4n) is 1.99. The van der Waals surface area contributed by atoms with E-state index in [2.05, 4.69) is 15.3 Å². The number of carbonyl (C=O) groups is 1.